The lowest BCUT2D eigenvalue weighted by atomic mass is 10.0. The van der Waals surface area contributed by atoms with E-state index in [2.05, 4.69) is 13.8 Å². The topological polar surface area (TPSA) is 37.3 Å². The van der Waals surface area contributed by atoms with Gasteiger partial charge in [0.15, 0.2) is 0 Å². The monoisotopic (exact) mass is 222 g/mol. The van der Waals surface area contributed by atoms with Gasteiger partial charge in [0.2, 0.25) is 0 Å². The summed E-state index contributed by atoms with van der Waals surface area (Å²) >= 11 is 0. The molecule has 0 aliphatic rings. The molecule has 0 saturated heterocycles. The third-order valence-corrected chi connectivity index (χ3v) is 2.02. The maximum Gasteiger partial charge on any atom is 0.307 e. The van der Waals surface area contributed by atoms with Gasteiger partial charge < -0.3 is 5.11 Å². The smallest absolute Gasteiger partial charge is 0.307 e. The second kappa shape index (κ2) is 7.91. The van der Waals surface area contributed by atoms with Crippen LogP contribution in [0.4, 0.5) is 0 Å². The summed E-state index contributed by atoms with van der Waals surface area (Å²) < 4.78 is 0. The molecule has 2 nitrogen and oxygen atoms in total. The van der Waals surface area contributed by atoms with E-state index in [4.69, 9.17) is 5.11 Å². The second-order valence-electron chi connectivity index (χ2n) is 3.98. The summed E-state index contributed by atoms with van der Waals surface area (Å²) in [5.74, 6) is -0.137. The molecule has 2 heteroatoms. The molecule has 90 valence electrons. The van der Waals surface area contributed by atoms with Gasteiger partial charge in [-0.05, 0) is 23.5 Å². The van der Waals surface area contributed by atoms with E-state index in [1.54, 1.807) is 0 Å². The molecule has 0 unspecified atom stereocenters. The number of carbonyl (C=O) groups is 1. The normalized spacial score (nSPS) is 9.56. The van der Waals surface area contributed by atoms with Gasteiger partial charge in [-0.25, -0.2) is 0 Å². The lowest BCUT2D eigenvalue weighted by molar-refractivity contribution is -0.136. The molecule has 0 atom stereocenters. The van der Waals surface area contributed by atoms with Gasteiger partial charge in [-0.1, -0.05) is 52.0 Å². The van der Waals surface area contributed by atoms with E-state index >= 15 is 0 Å². The van der Waals surface area contributed by atoms with Crippen molar-refractivity contribution in [1.29, 1.82) is 0 Å². The zero-order valence-electron chi connectivity index (χ0n) is 10.7. The largest absolute Gasteiger partial charge is 0.481 e. The van der Waals surface area contributed by atoms with Gasteiger partial charge >= 0.3 is 5.97 Å². The van der Waals surface area contributed by atoms with Crippen LogP contribution < -0.4 is 0 Å². The molecular formula is C14H22O2. The molecule has 1 aromatic carbocycles. The fourth-order valence-electron chi connectivity index (χ4n) is 1.44. The first-order valence-electron chi connectivity index (χ1n) is 5.87. The zero-order chi connectivity index (χ0) is 12.6. The molecule has 0 heterocycles. The number of hydrogen-bond donors (Lipinski definition) is 1. The lowest BCUT2D eigenvalue weighted by Gasteiger charge is -2.05. The minimum absolute atomic E-state index is 0.113. The van der Waals surface area contributed by atoms with Crippen molar-refractivity contribution in [1.82, 2.24) is 0 Å². The van der Waals surface area contributed by atoms with Crippen molar-refractivity contribution >= 4 is 5.97 Å². The number of carboxylic acids is 1. The summed E-state index contributed by atoms with van der Waals surface area (Å²) in [6, 6.07) is 7.81. The summed E-state index contributed by atoms with van der Waals surface area (Å²) in [5.41, 5.74) is 2.14. The Morgan fingerprint density at radius 1 is 1.12 bits per heavy atom. The van der Waals surface area contributed by atoms with Crippen LogP contribution in [0.5, 0.6) is 0 Å². The van der Waals surface area contributed by atoms with Gasteiger partial charge in [0.1, 0.15) is 0 Å². The molecule has 0 aliphatic heterocycles. The minimum Gasteiger partial charge on any atom is -0.481 e. The van der Waals surface area contributed by atoms with Gasteiger partial charge in [-0.15, -0.1) is 0 Å². The molecule has 0 spiro atoms. The van der Waals surface area contributed by atoms with E-state index in [1.165, 1.54) is 5.56 Å². The summed E-state index contributed by atoms with van der Waals surface area (Å²) in [6.07, 6.45) is 1.16. The summed E-state index contributed by atoms with van der Waals surface area (Å²) in [7, 11) is 0. The number of aliphatic carboxylic acids is 1. The average molecular weight is 222 g/mol. The van der Waals surface area contributed by atoms with E-state index in [-0.39, 0.29) is 6.42 Å². The summed E-state index contributed by atoms with van der Waals surface area (Å²) in [6.45, 7) is 8.34. The van der Waals surface area contributed by atoms with Crippen molar-refractivity contribution in [2.75, 3.05) is 0 Å². The number of rotatable bonds is 4. The molecule has 0 fully saturated rings. The minimum atomic E-state index is -0.776. The molecule has 0 saturated carbocycles. The van der Waals surface area contributed by atoms with Crippen LogP contribution in [0.3, 0.4) is 0 Å². The zero-order valence-corrected chi connectivity index (χ0v) is 10.7. The molecule has 0 bridgehead atoms. The highest BCUT2D eigenvalue weighted by Crippen LogP contribution is 2.10. The maximum absolute atomic E-state index is 10.4. The Hall–Kier alpha value is -1.31. The van der Waals surface area contributed by atoms with Crippen LogP contribution in [0.15, 0.2) is 24.3 Å². The second-order valence-corrected chi connectivity index (χ2v) is 3.98. The lowest BCUT2D eigenvalue weighted by Crippen LogP contribution is -2.00. The highest BCUT2D eigenvalue weighted by Gasteiger charge is 2.01. The summed E-state index contributed by atoms with van der Waals surface area (Å²) in [5, 5.41) is 8.58. The van der Waals surface area contributed by atoms with Crippen molar-refractivity contribution in [3.8, 4) is 0 Å². The highest BCUT2D eigenvalue weighted by molar-refractivity contribution is 5.70. The highest BCUT2D eigenvalue weighted by atomic mass is 16.4. The number of hydrogen-bond acceptors (Lipinski definition) is 1. The first-order chi connectivity index (χ1) is 7.58. The van der Waals surface area contributed by atoms with E-state index in [1.807, 2.05) is 38.1 Å². The van der Waals surface area contributed by atoms with Crippen LogP contribution in [0.1, 0.15) is 38.8 Å². The Bertz CT molecular complexity index is 299. The standard InChI is InChI=1S/C12H16O2.C2H6/c1-9(2)7-10-3-5-11(6-4-10)8-12(13)14;1-2/h3-6,9H,7-8H2,1-2H3,(H,13,14);1-2H3. The first kappa shape index (κ1) is 14.7. The SMILES string of the molecule is CC.CC(C)Cc1ccc(CC(=O)O)cc1. The number of carboxylic acid groups (broad SMARTS) is 1. The van der Waals surface area contributed by atoms with E-state index in [9.17, 15) is 4.79 Å². The third kappa shape index (κ3) is 6.23. The molecular weight excluding hydrogens is 200 g/mol. The molecule has 0 radical (unpaired) electrons. The Morgan fingerprint density at radius 3 is 1.94 bits per heavy atom. The quantitative estimate of drug-likeness (QED) is 0.846. The van der Waals surface area contributed by atoms with Crippen LogP contribution in [0.25, 0.3) is 0 Å². The van der Waals surface area contributed by atoms with Crippen molar-refractivity contribution in [2.45, 2.75) is 40.5 Å². The fourth-order valence-corrected chi connectivity index (χ4v) is 1.44. The van der Waals surface area contributed by atoms with E-state index in [0.717, 1.165) is 12.0 Å². The van der Waals surface area contributed by atoms with Crippen molar-refractivity contribution in [3.63, 3.8) is 0 Å². The molecule has 1 N–H and O–H groups in total. The maximum atomic E-state index is 10.4. The predicted molar refractivity (Wildman–Crippen MR) is 67.7 cm³/mol. The van der Waals surface area contributed by atoms with E-state index < -0.39 is 5.97 Å². The Balaban J connectivity index is 0.00000106. The van der Waals surface area contributed by atoms with Crippen LogP contribution in [0, 0.1) is 5.92 Å². The van der Waals surface area contributed by atoms with Gasteiger partial charge in [0.05, 0.1) is 6.42 Å². The van der Waals surface area contributed by atoms with Crippen molar-refractivity contribution < 1.29 is 9.90 Å². The van der Waals surface area contributed by atoms with Crippen LogP contribution in [0.2, 0.25) is 0 Å². The fraction of sp³-hybridized carbons (Fsp3) is 0.500. The van der Waals surface area contributed by atoms with E-state index in [0.29, 0.717) is 5.92 Å². The number of benzene rings is 1. The Morgan fingerprint density at radius 2 is 1.56 bits per heavy atom. The molecule has 1 aromatic rings. The van der Waals surface area contributed by atoms with Crippen LogP contribution >= 0.6 is 0 Å². The molecule has 0 aliphatic carbocycles. The molecule has 0 aromatic heterocycles. The van der Waals surface area contributed by atoms with Gasteiger partial charge in [0, 0.05) is 0 Å². The third-order valence-electron chi connectivity index (χ3n) is 2.02. The summed E-state index contributed by atoms with van der Waals surface area (Å²) in [4.78, 5) is 10.4. The average Bonchev–Trinajstić information content (AvgIpc) is 2.22. The first-order valence-corrected chi connectivity index (χ1v) is 5.87. The van der Waals surface area contributed by atoms with Gasteiger partial charge in [0.25, 0.3) is 0 Å². The van der Waals surface area contributed by atoms with Crippen molar-refractivity contribution in [3.05, 3.63) is 35.4 Å². The van der Waals surface area contributed by atoms with Gasteiger partial charge in [-0.3, -0.25) is 4.79 Å². The Kier molecular flexibility index (Phi) is 7.27. The molecule has 1 rings (SSSR count). The molecule has 16 heavy (non-hydrogen) atoms. The van der Waals surface area contributed by atoms with Crippen molar-refractivity contribution in [2.24, 2.45) is 5.92 Å². The molecule has 0 amide bonds. The van der Waals surface area contributed by atoms with Crippen LogP contribution in [-0.4, -0.2) is 11.1 Å². The predicted octanol–water partition coefficient (Wildman–Crippen LogP) is 3.54. The Labute approximate surface area is 98.3 Å². The van der Waals surface area contributed by atoms with Crippen LogP contribution in [-0.2, 0) is 17.6 Å². The van der Waals surface area contributed by atoms with Gasteiger partial charge in [-0.2, -0.15) is 0 Å².